The number of hydrogen-bond donors (Lipinski definition) is 1. The van der Waals surface area contributed by atoms with Crippen LogP contribution in [0.4, 0.5) is 0 Å². The van der Waals surface area contributed by atoms with Crippen molar-refractivity contribution in [1.82, 2.24) is 9.59 Å². The van der Waals surface area contributed by atoms with Gasteiger partial charge in [0, 0.05) is 5.56 Å². The van der Waals surface area contributed by atoms with Crippen LogP contribution < -0.4 is 5.73 Å². The van der Waals surface area contributed by atoms with E-state index in [1.54, 1.807) is 0 Å². The smallest absolute Gasteiger partial charge is 0.109 e. The highest BCUT2D eigenvalue weighted by Gasteiger charge is 2.08. The molecule has 0 bridgehead atoms. The monoisotopic (exact) mass is 219 g/mol. The maximum absolute atomic E-state index is 5.54. The van der Waals surface area contributed by atoms with Gasteiger partial charge in [0.05, 0.1) is 4.88 Å². The molecular weight excluding hydrogens is 206 g/mol. The molecule has 2 aromatic rings. The van der Waals surface area contributed by atoms with Crippen LogP contribution in [0.15, 0.2) is 24.3 Å². The molecule has 0 aliphatic carbocycles. The molecule has 0 amide bonds. The third-order valence-corrected chi connectivity index (χ3v) is 3.03. The van der Waals surface area contributed by atoms with Crippen molar-refractivity contribution in [2.45, 2.75) is 13.3 Å². The molecule has 0 spiro atoms. The van der Waals surface area contributed by atoms with Gasteiger partial charge in [-0.2, -0.15) is 0 Å². The third kappa shape index (κ3) is 2.22. The van der Waals surface area contributed by atoms with Gasteiger partial charge in [0.25, 0.3) is 0 Å². The first-order valence-electron chi connectivity index (χ1n) is 4.89. The Labute approximate surface area is 93.1 Å². The fourth-order valence-electron chi connectivity index (χ4n) is 1.43. The summed E-state index contributed by atoms with van der Waals surface area (Å²) in [6, 6.07) is 8.32. The van der Waals surface area contributed by atoms with Gasteiger partial charge in [0.2, 0.25) is 0 Å². The van der Waals surface area contributed by atoms with Gasteiger partial charge in [-0.05, 0) is 31.4 Å². The Balaban J connectivity index is 2.36. The van der Waals surface area contributed by atoms with Crippen molar-refractivity contribution in [3.05, 3.63) is 34.7 Å². The van der Waals surface area contributed by atoms with E-state index in [2.05, 4.69) is 40.8 Å². The van der Waals surface area contributed by atoms with Gasteiger partial charge >= 0.3 is 0 Å². The summed E-state index contributed by atoms with van der Waals surface area (Å²) in [4.78, 5) is 1.17. The van der Waals surface area contributed by atoms with Gasteiger partial charge < -0.3 is 5.73 Å². The summed E-state index contributed by atoms with van der Waals surface area (Å²) >= 11 is 1.43. The first kappa shape index (κ1) is 10.3. The SMILES string of the molecule is Cc1ccc(-c2nnsc2CCN)cc1. The van der Waals surface area contributed by atoms with E-state index in [-0.39, 0.29) is 0 Å². The summed E-state index contributed by atoms with van der Waals surface area (Å²) < 4.78 is 3.98. The number of nitrogens with two attached hydrogens (primary N) is 1. The molecule has 0 radical (unpaired) electrons. The normalized spacial score (nSPS) is 10.5. The second-order valence-electron chi connectivity index (χ2n) is 3.45. The van der Waals surface area contributed by atoms with E-state index in [1.165, 1.54) is 22.0 Å². The zero-order valence-electron chi connectivity index (χ0n) is 8.60. The van der Waals surface area contributed by atoms with Crippen LogP contribution >= 0.6 is 11.5 Å². The molecule has 0 unspecified atom stereocenters. The first-order chi connectivity index (χ1) is 7.31. The Kier molecular flexibility index (Phi) is 3.08. The van der Waals surface area contributed by atoms with Gasteiger partial charge in [-0.25, -0.2) is 0 Å². The van der Waals surface area contributed by atoms with Crippen LogP contribution in [-0.4, -0.2) is 16.1 Å². The zero-order chi connectivity index (χ0) is 10.7. The van der Waals surface area contributed by atoms with Crippen LogP contribution in [0.2, 0.25) is 0 Å². The summed E-state index contributed by atoms with van der Waals surface area (Å²) in [6.45, 7) is 2.71. The number of rotatable bonds is 3. The number of hydrogen-bond acceptors (Lipinski definition) is 4. The molecule has 0 aliphatic heterocycles. The van der Waals surface area contributed by atoms with Crippen LogP contribution in [0, 0.1) is 6.92 Å². The van der Waals surface area contributed by atoms with E-state index < -0.39 is 0 Å². The summed E-state index contributed by atoms with van der Waals surface area (Å²) in [5.74, 6) is 0. The molecule has 1 heterocycles. The molecule has 15 heavy (non-hydrogen) atoms. The summed E-state index contributed by atoms with van der Waals surface area (Å²) in [5.41, 5.74) is 8.89. The van der Waals surface area contributed by atoms with Crippen molar-refractivity contribution in [2.75, 3.05) is 6.54 Å². The molecule has 2 rings (SSSR count). The lowest BCUT2D eigenvalue weighted by Crippen LogP contribution is -2.02. The van der Waals surface area contributed by atoms with E-state index in [0.717, 1.165) is 17.7 Å². The van der Waals surface area contributed by atoms with Crippen LogP contribution in [0.5, 0.6) is 0 Å². The maximum atomic E-state index is 5.54. The third-order valence-electron chi connectivity index (χ3n) is 2.25. The Bertz CT molecular complexity index is 433. The molecule has 3 nitrogen and oxygen atoms in total. The number of aromatic nitrogens is 2. The molecule has 0 aliphatic rings. The van der Waals surface area contributed by atoms with E-state index in [4.69, 9.17) is 5.73 Å². The average molecular weight is 219 g/mol. The molecule has 1 aromatic heterocycles. The highest BCUT2D eigenvalue weighted by atomic mass is 32.1. The number of aryl methyl sites for hydroxylation is 1. The van der Waals surface area contributed by atoms with Gasteiger partial charge in [0.1, 0.15) is 5.69 Å². The highest BCUT2D eigenvalue weighted by Crippen LogP contribution is 2.24. The largest absolute Gasteiger partial charge is 0.330 e. The maximum Gasteiger partial charge on any atom is 0.109 e. The van der Waals surface area contributed by atoms with Crippen LogP contribution in [0.3, 0.4) is 0 Å². The quantitative estimate of drug-likeness (QED) is 0.859. The second-order valence-corrected chi connectivity index (χ2v) is 4.29. The standard InChI is InChI=1S/C11H13N3S/c1-8-2-4-9(5-3-8)11-10(6-7-12)15-14-13-11/h2-5H,6-7,12H2,1H3. The minimum Gasteiger partial charge on any atom is -0.330 e. The zero-order valence-corrected chi connectivity index (χ0v) is 9.42. The Morgan fingerprint density at radius 2 is 2.00 bits per heavy atom. The van der Waals surface area contributed by atoms with E-state index in [1.807, 2.05) is 0 Å². The molecule has 0 atom stereocenters. The molecule has 0 saturated heterocycles. The molecule has 78 valence electrons. The lowest BCUT2D eigenvalue weighted by Gasteiger charge is -2.00. The van der Waals surface area contributed by atoms with Crippen LogP contribution in [0.1, 0.15) is 10.4 Å². The lowest BCUT2D eigenvalue weighted by atomic mass is 10.1. The van der Waals surface area contributed by atoms with Crippen LogP contribution in [0.25, 0.3) is 11.3 Å². The van der Waals surface area contributed by atoms with Crippen molar-refractivity contribution >= 4 is 11.5 Å². The molecule has 0 saturated carbocycles. The highest BCUT2D eigenvalue weighted by molar-refractivity contribution is 7.06. The molecule has 0 fully saturated rings. The van der Waals surface area contributed by atoms with E-state index in [0.29, 0.717) is 6.54 Å². The number of benzene rings is 1. The first-order valence-corrected chi connectivity index (χ1v) is 5.67. The van der Waals surface area contributed by atoms with Gasteiger partial charge in [-0.1, -0.05) is 34.3 Å². The van der Waals surface area contributed by atoms with E-state index >= 15 is 0 Å². The minimum absolute atomic E-state index is 0.642. The van der Waals surface area contributed by atoms with Crippen molar-refractivity contribution in [3.8, 4) is 11.3 Å². The van der Waals surface area contributed by atoms with Gasteiger partial charge in [-0.3, -0.25) is 0 Å². The summed E-state index contributed by atoms with van der Waals surface area (Å²) in [5, 5.41) is 4.15. The Hall–Kier alpha value is -1.26. The number of nitrogens with zero attached hydrogens (tertiary/aromatic N) is 2. The van der Waals surface area contributed by atoms with E-state index in [9.17, 15) is 0 Å². The van der Waals surface area contributed by atoms with Crippen molar-refractivity contribution < 1.29 is 0 Å². The predicted octanol–water partition coefficient (Wildman–Crippen LogP) is 2.01. The van der Waals surface area contributed by atoms with Crippen LogP contribution in [-0.2, 0) is 6.42 Å². The Morgan fingerprint density at radius 3 is 2.67 bits per heavy atom. The second kappa shape index (κ2) is 4.51. The minimum atomic E-state index is 0.642. The molecule has 2 N–H and O–H groups in total. The average Bonchev–Trinajstić information content (AvgIpc) is 2.68. The lowest BCUT2D eigenvalue weighted by molar-refractivity contribution is 0.984. The Morgan fingerprint density at radius 1 is 1.27 bits per heavy atom. The predicted molar refractivity (Wildman–Crippen MR) is 62.8 cm³/mol. The summed E-state index contributed by atoms with van der Waals surface area (Å²) in [7, 11) is 0. The molecule has 1 aromatic carbocycles. The van der Waals surface area contributed by atoms with Gasteiger partial charge in [0.15, 0.2) is 0 Å². The summed E-state index contributed by atoms with van der Waals surface area (Å²) in [6.07, 6.45) is 0.848. The molecular formula is C11H13N3S. The topological polar surface area (TPSA) is 51.8 Å². The van der Waals surface area contributed by atoms with Crippen molar-refractivity contribution in [1.29, 1.82) is 0 Å². The van der Waals surface area contributed by atoms with Crippen molar-refractivity contribution in [2.24, 2.45) is 5.73 Å². The van der Waals surface area contributed by atoms with Gasteiger partial charge in [-0.15, -0.1) is 5.10 Å². The fourth-order valence-corrected chi connectivity index (χ4v) is 2.11. The van der Waals surface area contributed by atoms with Crippen molar-refractivity contribution in [3.63, 3.8) is 0 Å². The molecule has 4 heteroatoms. The fraction of sp³-hybridized carbons (Fsp3) is 0.273.